The van der Waals surface area contributed by atoms with Crippen molar-refractivity contribution in [3.8, 4) is 0 Å². The Morgan fingerprint density at radius 3 is 1.29 bits per heavy atom. The molecule has 0 aliphatic rings. The Morgan fingerprint density at radius 1 is 0.786 bits per heavy atom. The minimum absolute atomic E-state index is 0. The summed E-state index contributed by atoms with van der Waals surface area (Å²) in [6, 6.07) is 0. The molecule has 0 bridgehead atoms. The van der Waals surface area contributed by atoms with Gasteiger partial charge in [-0.3, -0.25) is 0 Å². The Morgan fingerprint density at radius 2 is 1.07 bits per heavy atom. The molecule has 14 heavy (non-hydrogen) atoms. The van der Waals surface area contributed by atoms with Gasteiger partial charge in [-0.25, -0.2) is 29.1 Å². The Labute approximate surface area is 108 Å². The fourth-order valence-corrected chi connectivity index (χ4v) is 0.419. The monoisotopic (exact) mass is 218 g/mol. The van der Waals surface area contributed by atoms with Gasteiger partial charge in [0.25, 0.3) is 0 Å². The molecule has 0 aliphatic carbocycles. The van der Waals surface area contributed by atoms with Gasteiger partial charge >= 0.3 is 36.9 Å². The minimum Gasteiger partial charge on any atom is -1.00 e. The third-order valence-electron chi connectivity index (χ3n) is 0.793. The SMILES string of the molecule is CCOOB(OOCC)OOCC.[H-].[Na+]. The van der Waals surface area contributed by atoms with E-state index in [0.717, 1.165) is 0 Å². The molecule has 0 rings (SSSR count). The van der Waals surface area contributed by atoms with Crippen molar-refractivity contribution in [2.24, 2.45) is 0 Å². The van der Waals surface area contributed by atoms with Crippen LogP contribution in [-0.4, -0.2) is 27.1 Å². The van der Waals surface area contributed by atoms with Crippen molar-refractivity contribution < 1.29 is 60.1 Å². The van der Waals surface area contributed by atoms with E-state index in [0.29, 0.717) is 19.8 Å². The van der Waals surface area contributed by atoms with Crippen LogP contribution in [0.3, 0.4) is 0 Å². The van der Waals surface area contributed by atoms with E-state index < -0.39 is 7.32 Å². The van der Waals surface area contributed by atoms with E-state index in [1.807, 2.05) is 0 Å². The summed E-state index contributed by atoms with van der Waals surface area (Å²) in [6.07, 6.45) is 0. The zero-order valence-electron chi connectivity index (χ0n) is 10.1. The second kappa shape index (κ2) is 13.8. The van der Waals surface area contributed by atoms with Crippen LogP contribution in [0.4, 0.5) is 0 Å². The molecule has 0 fully saturated rings. The van der Waals surface area contributed by atoms with Gasteiger partial charge in [0, 0.05) is 0 Å². The molecule has 0 aliphatic heterocycles. The molecule has 0 aromatic rings. The predicted molar refractivity (Wildman–Crippen MR) is 45.0 cm³/mol. The number of hydrogen-bond donors (Lipinski definition) is 0. The largest absolute Gasteiger partial charge is 1.00 e. The zero-order chi connectivity index (χ0) is 9.94. The van der Waals surface area contributed by atoms with Gasteiger partial charge in [0.15, 0.2) is 0 Å². The summed E-state index contributed by atoms with van der Waals surface area (Å²) in [5, 5.41) is 0. The molecule has 0 radical (unpaired) electrons. The van der Waals surface area contributed by atoms with Crippen LogP contribution in [0.1, 0.15) is 22.2 Å². The molecule has 0 N–H and O–H groups in total. The molecule has 0 unspecified atom stereocenters. The first-order valence-electron chi connectivity index (χ1n) is 4.19. The molecule has 0 atom stereocenters. The number of hydrogen-bond acceptors (Lipinski definition) is 6. The van der Waals surface area contributed by atoms with E-state index >= 15 is 0 Å². The van der Waals surface area contributed by atoms with Crippen molar-refractivity contribution in [3.63, 3.8) is 0 Å². The Bertz CT molecular complexity index is 94.6. The molecule has 0 aromatic heterocycles. The Kier molecular flexibility index (Phi) is 17.0. The predicted octanol–water partition coefficient (Wildman–Crippen LogP) is -2.01. The standard InChI is InChI=1S/C6H15BO6.Na.H/c1-4-8-11-7(12-9-5-2)13-10-6-3;;/h4-6H2,1-3H3;;/q;+1;-1. The first-order valence-corrected chi connectivity index (χ1v) is 4.19. The van der Waals surface area contributed by atoms with Crippen molar-refractivity contribution in [1.82, 2.24) is 0 Å². The minimum atomic E-state index is -1.13. The van der Waals surface area contributed by atoms with Gasteiger partial charge in [0.2, 0.25) is 0 Å². The van der Waals surface area contributed by atoms with Crippen LogP contribution in [0.5, 0.6) is 0 Å². The molecule has 8 heteroatoms. The topological polar surface area (TPSA) is 55.4 Å². The van der Waals surface area contributed by atoms with Gasteiger partial charge < -0.3 is 1.43 Å². The summed E-state index contributed by atoms with van der Waals surface area (Å²) in [7, 11) is -1.13. The van der Waals surface area contributed by atoms with E-state index in [1.165, 1.54) is 0 Å². The van der Waals surface area contributed by atoms with Gasteiger partial charge in [0.05, 0.1) is 19.8 Å². The first kappa shape index (κ1) is 17.2. The van der Waals surface area contributed by atoms with E-state index in [1.54, 1.807) is 20.8 Å². The fraction of sp³-hybridized carbons (Fsp3) is 1.00. The summed E-state index contributed by atoms with van der Waals surface area (Å²) in [5.74, 6) is 0. The van der Waals surface area contributed by atoms with Gasteiger partial charge in [-0.2, -0.15) is 0 Å². The Hall–Kier alpha value is 0.825. The van der Waals surface area contributed by atoms with E-state index in [-0.39, 0.29) is 31.0 Å². The maximum atomic E-state index is 4.60. The van der Waals surface area contributed by atoms with Gasteiger partial charge in [-0.05, 0) is 20.8 Å². The molecule has 0 heterocycles. The van der Waals surface area contributed by atoms with Crippen LogP contribution in [0.2, 0.25) is 0 Å². The van der Waals surface area contributed by atoms with Crippen LogP contribution < -0.4 is 29.6 Å². The first-order chi connectivity index (χ1) is 6.35. The van der Waals surface area contributed by atoms with Gasteiger partial charge in [-0.15, -0.1) is 0 Å². The Balaban J connectivity index is -0.000000720. The van der Waals surface area contributed by atoms with Crippen molar-refractivity contribution >= 4 is 7.32 Å². The number of rotatable bonds is 9. The van der Waals surface area contributed by atoms with Crippen molar-refractivity contribution in [2.75, 3.05) is 19.8 Å². The zero-order valence-corrected chi connectivity index (χ0v) is 11.1. The van der Waals surface area contributed by atoms with E-state index in [9.17, 15) is 0 Å². The normalized spacial score (nSPS) is 9.64. The average Bonchev–Trinajstić information content (AvgIpc) is 2.17. The maximum absolute atomic E-state index is 4.60. The van der Waals surface area contributed by atoms with Crippen molar-refractivity contribution in [2.45, 2.75) is 20.8 Å². The molecular formula is C6H16BNaO6. The summed E-state index contributed by atoms with van der Waals surface area (Å²) in [6.45, 7) is 6.42. The molecule has 0 saturated heterocycles. The third-order valence-corrected chi connectivity index (χ3v) is 0.793. The molecule has 0 aromatic carbocycles. The molecule has 0 saturated carbocycles. The second-order valence-electron chi connectivity index (χ2n) is 1.80. The summed E-state index contributed by atoms with van der Waals surface area (Å²) in [4.78, 5) is 27.5. The van der Waals surface area contributed by atoms with Gasteiger partial charge in [-0.1, -0.05) is 0 Å². The fourth-order valence-electron chi connectivity index (χ4n) is 0.419. The molecule has 80 valence electrons. The van der Waals surface area contributed by atoms with Crippen LogP contribution in [0.25, 0.3) is 0 Å². The van der Waals surface area contributed by atoms with Crippen LogP contribution in [-0.2, 0) is 29.1 Å². The molecule has 0 spiro atoms. The van der Waals surface area contributed by atoms with Crippen LogP contribution in [0, 0.1) is 0 Å². The molecule has 6 nitrogen and oxygen atoms in total. The quantitative estimate of drug-likeness (QED) is 0.253. The summed E-state index contributed by atoms with van der Waals surface area (Å²) < 4.78 is 0. The third kappa shape index (κ3) is 10.9. The van der Waals surface area contributed by atoms with Crippen LogP contribution in [0.15, 0.2) is 0 Å². The second-order valence-corrected chi connectivity index (χ2v) is 1.80. The van der Waals surface area contributed by atoms with Gasteiger partial charge in [0.1, 0.15) is 0 Å². The van der Waals surface area contributed by atoms with E-state index in [2.05, 4.69) is 29.1 Å². The van der Waals surface area contributed by atoms with Crippen LogP contribution >= 0.6 is 0 Å². The smallest absolute Gasteiger partial charge is 1.00 e. The summed E-state index contributed by atoms with van der Waals surface area (Å²) >= 11 is 0. The van der Waals surface area contributed by atoms with E-state index in [4.69, 9.17) is 0 Å². The molecular weight excluding hydrogens is 202 g/mol. The molecule has 0 amide bonds. The maximum Gasteiger partial charge on any atom is 1.00 e. The summed E-state index contributed by atoms with van der Waals surface area (Å²) in [5.41, 5.74) is 0. The average molecular weight is 218 g/mol. The van der Waals surface area contributed by atoms with Crippen molar-refractivity contribution in [1.29, 1.82) is 0 Å². The van der Waals surface area contributed by atoms with Crippen molar-refractivity contribution in [3.05, 3.63) is 0 Å².